The molecule has 0 fully saturated rings. The van der Waals surface area contributed by atoms with Gasteiger partial charge in [-0.2, -0.15) is 5.26 Å². The lowest BCUT2D eigenvalue weighted by Crippen LogP contribution is -2.03. The van der Waals surface area contributed by atoms with Crippen LogP contribution in [0.2, 0.25) is 0 Å². The molecule has 0 aliphatic rings. The standard InChI is InChI=1S/C16H18N4/c1-10-9-11(2)13(4)16(12(10)3)14-5-6-15(20-19-14)18-8-7-17/h5-6,9H,8H2,1-4H3,(H,18,20). The van der Waals surface area contributed by atoms with E-state index in [1.54, 1.807) is 0 Å². The average molecular weight is 266 g/mol. The van der Waals surface area contributed by atoms with Crippen LogP contribution in [-0.4, -0.2) is 16.7 Å². The fourth-order valence-electron chi connectivity index (χ4n) is 2.29. The third-order valence-electron chi connectivity index (χ3n) is 3.64. The van der Waals surface area contributed by atoms with Crippen LogP contribution in [0.5, 0.6) is 0 Å². The van der Waals surface area contributed by atoms with Gasteiger partial charge >= 0.3 is 0 Å². The molecule has 0 radical (unpaired) electrons. The molecule has 0 spiro atoms. The lowest BCUT2D eigenvalue weighted by molar-refractivity contribution is 1.02. The van der Waals surface area contributed by atoms with Crippen LogP contribution in [0.1, 0.15) is 22.3 Å². The maximum absolute atomic E-state index is 8.53. The predicted octanol–water partition coefficient (Wildman–Crippen LogP) is 3.31. The second-order valence-corrected chi connectivity index (χ2v) is 4.95. The normalized spacial score (nSPS) is 10.2. The van der Waals surface area contributed by atoms with Gasteiger partial charge < -0.3 is 5.32 Å². The minimum atomic E-state index is 0.232. The van der Waals surface area contributed by atoms with Crippen molar-refractivity contribution in [1.82, 2.24) is 10.2 Å². The number of nitriles is 1. The van der Waals surface area contributed by atoms with E-state index in [1.807, 2.05) is 18.2 Å². The molecule has 1 N–H and O–H groups in total. The molecule has 0 aliphatic heterocycles. The quantitative estimate of drug-likeness (QED) is 0.866. The van der Waals surface area contributed by atoms with Gasteiger partial charge in [0, 0.05) is 5.56 Å². The SMILES string of the molecule is Cc1cc(C)c(C)c(-c2ccc(NCC#N)nn2)c1C. The number of aryl methyl sites for hydroxylation is 2. The van der Waals surface area contributed by atoms with Gasteiger partial charge in [0.15, 0.2) is 0 Å². The lowest BCUT2D eigenvalue weighted by Gasteiger charge is -2.14. The summed E-state index contributed by atoms with van der Waals surface area (Å²) in [6, 6.07) is 8.02. The largest absolute Gasteiger partial charge is 0.356 e. The van der Waals surface area contributed by atoms with Gasteiger partial charge in [-0.25, -0.2) is 0 Å². The first-order valence-electron chi connectivity index (χ1n) is 6.57. The zero-order valence-corrected chi connectivity index (χ0v) is 12.3. The Bertz CT molecular complexity index is 640. The number of hydrogen-bond donors (Lipinski definition) is 1. The van der Waals surface area contributed by atoms with Gasteiger partial charge in [-0.15, -0.1) is 10.2 Å². The smallest absolute Gasteiger partial charge is 0.149 e. The van der Waals surface area contributed by atoms with Crippen LogP contribution < -0.4 is 5.32 Å². The number of benzene rings is 1. The van der Waals surface area contributed by atoms with Crippen LogP contribution in [0.15, 0.2) is 18.2 Å². The van der Waals surface area contributed by atoms with Crippen LogP contribution in [-0.2, 0) is 0 Å². The number of aromatic nitrogens is 2. The highest BCUT2D eigenvalue weighted by Crippen LogP contribution is 2.30. The molecule has 2 rings (SSSR count). The minimum Gasteiger partial charge on any atom is -0.356 e. The molecule has 0 atom stereocenters. The van der Waals surface area contributed by atoms with E-state index in [-0.39, 0.29) is 6.54 Å². The monoisotopic (exact) mass is 266 g/mol. The highest BCUT2D eigenvalue weighted by molar-refractivity contribution is 5.70. The summed E-state index contributed by atoms with van der Waals surface area (Å²) in [7, 11) is 0. The highest BCUT2D eigenvalue weighted by atomic mass is 15.2. The molecule has 0 saturated heterocycles. The number of anilines is 1. The van der Waals surface area contributed by atoms with E-state index in [0.717, 1.165) is 11.3 Å². The molecule has 1 aromatic heterocycles. The van der Waals surface area contributed by atoms with Crippen molar-refractivity contribution < 1.29 is 0 Å². The Morgan fingerprint density at radius 1 is 1.05 bits per heavy atom. The first-order valence-corrected chi connectivity index (χ1v) is 6.57. The van der Waals surface area contributed by atoms with E-state index in [9.17, 15) is 0 Å². The molecule has 0 aliphatic carbocycles. The van der Waals surface area contributed by atoms with Crippen molar-refractivity contribution in [2.45, 2.75) is 27.7 Å². The Labute approximate surface area is 119 Å². The van der Waals surface area contributed by atoms with Crippen molar-refractivity contribution in [3.05, 3.63) is 40.5 Å². The van der Waals surface area contributed by atoms with Crippen molar-refractivity contribution in [2.24, 2.45) is 0 Å². The predicted molar refractivity (Wildman–Crippen MR) is 80.5 cm³/mol. The van der Waals surface area contributed by atoms with Crippen molar-refractivity contribution in [2.75, 3.05) is 11.9 Å². The number of hydrogen-bond acceptors (Lipinski definition) is 4. The fraction of sp³-hybridized carbons (Fsp3) is 0.312. The molecular weight excluding hydrogens is 248 g/mol. The first kappa shape index (κ1) is 14.0. The third kappa shape index (κ3) is 2.62. The van der Waals surface area contributed by atoms with E-state index >= 15 is 0 Å². The zero-order chi connectivity index (χ0) is 14.7. The summed E-state index contributed by atoms with van der Waals surface area (Å²) in [6.07, 6.45) is 0. The van der Waals surface area contributed by atoms with Crippen molar-refractivity contribution in [3.63, 3.8) is 0 Å². The van der Waals surface area contributed by atoms with Crippen LogP contribution in [0, 0.1) is 39.0 Å². The minimum absolute atomic E-state index is 0.232. The molecule has 2 aromatic rings. The summed E-state index contributed by atoms with van der Waals surface area (Å²) in [4.78, 5) is 0. The van der Waals surface area contributed by atoms with E-state index in [1.165, 1.54) is 22.3 Å². The van der Waals surface area contributed by atoms with Gasteiger partial charge in [0.25, 0.3) is 0 Å². The van der Waals surface area contributed by atoms with Gasteiger partial charge in [0.05, 0.1) is 11.8 Å². The van der Waals surface area contributed by atoms with E-state index in [4.69, 9.17) is 5.26 Å². The third-order valence-corrected chi connectivity index (χ3v) is 3.64. The Morgan fingerprint density at radius 3 is 2.20 bits per heavy atom. The first-order chi connectivity index (χ1) is 9.54. The molecule has 20 heavy (non-hydrogen) atoms. The van der Waals surface area contributed by atoms with Crippen LogP contribution >= 0.6 is 0 Å². The van der Waals surface area contributed by atoms with E-state index in [0.29, 0.717) is 5.82 Å². The number of nitrogens with zero attached hydrogens (tertiary/aromatic N) is 3. The van der Waals surface area contributed by atoms with Crippen molar-refractivity contribution in [1.29, 1.82) is 5.26 Å². The van der Waals surface area contributed by atoms with Gasteiger partial charge in [0.2, 0.25) is 0 Å². The number of nitrogens with one attached hydrogen (secondary N) is 1. The molecule has 0 bridgehead atoms. The Balaban J connectivity index is 2.45. The van der Waals surface area contributed by atoms with Crippen LogP contribution in [0.4, 0.5) is 5.82 Å². The summed E-state index contributed by atoms with van der Waals surface area (Å²) in [5.74, 6) is 0.620. The molecule has 1 aromatic carbocycles. The topological polar surface area (TPSA) is 61.6 Å². The van der Waals surface area contributed by atoms with Gasteiger partial charge in [0.1, 0.15) is 12.4 Å². The Hall–Kier alpha value is -2.41. The molecule has 102 valence electrons. The summed E-state index contributed by atoms with van der Waals surface area (Å²) >= 11 is 0. The Morgan fingerprint density at radius 2 is 1.70 bits per heavy atom. The summed E-state index contributed by atoms with van der Waals surface area (Å²) < 4.78 is 0. The highest BCUT2D eigenvalue weighted by Gasteiger charge is 2.12. The second-order valence-electron chi connectivity index (χ2n) is 4.95. The molecule has 4 heteroatoms. The van der Waals surface area contributed by atoms with Crippen LogP contribution in [0.3, 0.4) is 0 Å². The molecule has 0 unspecified atom stereocenters. The maximum Gasteiger partial charge on any atom is 0.149 e. The van der Waals surface area contributed by atoms with Crippen LogP contribution in [0.25, 0.3) is 11.3 Å². The average Bonchev–Trinajstić information content (AvgIpc) is 2.44. The molecular formula is C16H18N4. The van der Waals surface area contributed by atoms with E-state index < -0.39 is 0 Å². The number of rotatable bonds is 3. The molecule has 0 saturated carbocycles. The Kier molecular flexibility index (Phi) is 3.99. The van der Waals surface area contributed by atoms with Gasteiger partial charge in [-0.3, -0.25) is 0 Å². The van der Waals surface area contributed by atoms with Crippen molar-refractivity contribution >= 4 is 5.82 Å². The van der Waals surface area contributed by atoms with Gasteiger partial charge in [-0.1, -0.05) is 6.07 Å². The summed E-state index contributed by atoms with van der Waals surface area (Å²) in [5.41, 5.74) is 7.02. The summed E-state index contributed by atoms with van der Waals surface area (Å²) in [5, 5.41) is 19.8. The maximum atomic E-state index is 8.53. The lowest BCUT2D eigenvalue weighted by atomic mass is 9.92. The van der Waals surface area contributed by atoms with E-state index in [2.05, 4.69) is 49.3 Å². The molecule has 1 heterocycles. The summed E-state index contributed by atoms with van der Waals surface area (Å²) in [6.45, 7) is 8.68. The second kappa shape index (κ2) is 5.70. The van der Waals surface area contributed by atoms with Gasteiger partial charge in [-0.05, 0) is 62.1 Å². The molecule has 4 nitrogen and oxygen atoms in total. The zero-order valence-electron chi connectivity index (χ0n) is 12.3. The fourth-order valence-corrected chi connectivity index (χ4v) is 2.29. The van der Waals surface area contributed by atoms with Crippen molar-refractivity contribution in [3.8, 4) is 17.3 Å². The molecule has 0 amide bonds.